The van der Waals surface area contributed by atoms with Crippen LogP contribution >= 0.6 is 0 Å². The van der Waals surface area contributed by atoms with Crippen LogP contribution in [-0.2, 0) is 6.54 Å². The van der Waals surface area contributed by atoms with Crippen molar-refractivity contribution in [3.8, 4) is 23.0 Å². The third-order valence-electron chi connectivity index (χ3n) is 3.90. The van der Waals surface area contributed by atoms with Gasteiger partial charge in [0.1, 0.15) is 22.8 Å². The number of furan rings is 1. The molecule has 2 heterocycles. The molecule has 8 heteroatoms. The lowest BCUT2D eigenvalue weighted by Crippen LogP contribution is -2.32. The van der Waals surface area contributed by atoms with Crippen molar-refractivity contribution in [2.24, 2.45) is 0 Å². The van der Waals surface area contributed by atoms with Gasteiger partial charge in [-0.15, -0.1) is 0 Å². The van der Waals surface area contributed by atoms with E-state index in [-0.39, 0.29) is 24.6 Å². The summed E-state index contributed by atoms with van der Waals surface area (Å²) in [4.78, 5) is 24.5. The van der Waals surface area contributed by atoms with E-state index in [1.54, 1.807) is 36.4 Å². The van der Waals surface area contributed by atoms with E-state index in [9.17, 15) is 9.59 Å². The van der Waals surface area contributed by atoms with Crippen molar-refractivity contribution in [2.45, 2.75) is 6.54 Å². The zero-order chi connectivity index (χ0) is 19.2. The van der Waals surface area contributed by atoms with Gasteiger partial charge in [-0.2, -0.15) is 5.10 Å². The Morgan fingerprint density at radius 2 is 1.85 bits per heavy atom. The number of nitrogens with zero attached hydrogens (tertiary/aromatic N) is 2. The summed E-state index contributed by atoms with van der Waals surface area (Å²) >= 11 is 0. The van der Waals surface area contributed by atoms with Gasteiger partial charge in [0.2, 0.25) is 0 Å². The average Bonchev–Trinajstić information content (AvgIpc) is 3.23. The molecule has 0 spiro atoms. The molecule has 0 bridgehead atoms. The van der Waals surface area contributed by atoms with Crippen molar-refractivity contribution in [2.75, 3.05) is 20.8 Å². The first-order chi connectivity index (χ1) is 13.1. The summed E-state index contributed by atoms with van der Waals surface area (Å²) in [6, 6.07) is 11.6. The first-order valence-electron chi connectivity index (χ1n) is 8.25. The van der Waals surface area contributed by atoms with Gasteiger partial charge < -0.3 is 19.2 Å². The zero-order valence-electron chi connectivity index (χ0n) is 15.0. The Bertz CT molecular complexity index is 957. The monoisotopic (exact) mass is 369 g/mol. The van der Waals surface area contributed by atoms with Crippen molar-refractivity contribution in [1.29, 1.82) is 0 Å². The summed E-state index contributed by atoms with van der Waals surface area (Å²) in [5.74, 6) is 1.01. The van der Waals surface area contributed by atoms with Crippen LogP contribution in [0.5, 0.6) is 11.5 Å². The van der Waals surface area contributed by atoms with Gasteiger partial charge in [0.15, 0.2) is 5.76 Å². The number of ether oxygens (including phenoxy) is 2. The number of hydrogen-bond donors (Lipinski definition) is 1. The molecule has 1 aromatic carbocycles. The van der Waals surface area contributed by atoms with Gasteiger partial charge >= 0.3 is 0 Å². The number of nitrogens with one attached hydrogen (secondary N) is 1. The van der Waals surface area contributed by atoms with Gasteiger partial charge in [0, 0.05) is 12.6 Å². The summed E-state index contributed by atoms with van der Waals surface area (Å²) in [5.41, 5.74) is 0.568. The molecule has 8 nitrogen and oxygen atoms in total. The molecule has 1 amide bonds. The molecule has 0 atom stereocenters. The predicted molar refractivity (Wildman–Crippen MR) is 98.1 cm³/mol. The largest absolute Gasteiger partial charge is 0.496 e. The summed E-state index contributed by atoms with van der Waals surface area (Å²) < 4.78 is 17.0. The number of rotatable bonds is 7. The summed E-state index contributed by atoms with van der Waals surface area (Å²) in [7, 11) is 2.96. The molecule has 27 heavy (non-hydrogen) atoms. The van der Waals surface area contributed by atoms with Crippen molar-refractivity contribution in [3.63, 3.8) is 0 Å². The third kappa shape index (κ3) is 4.00. The molecule has 3 aromatic rings. The van der Waals surface area contributed by atoms with Crippen LogP contribution in [0.15, 0.2) is 57.9 Å². The minimum atomic E-state index is -0.362. The van der Waals surface area contributed by atoms with Gasteiger partial charge in [0.05, 0.1) is 27.0 Å². The molecule has 2 aromatic heterocycles. The van der Waals surface area contributed by atoms with E-state index in [0.29, 0.717) is 28.5 Å². The summed E-state index contributed by atoms with van der Waals surface area (Å²) in [5, 5.41) is 7.02. The average molecular weight is 369 g/mol. The van der Waals surface area contributed by atoms with Crippen LogP contribution < -0.4 is 20.3 Å². The van der Waals surface area contributed by atoms with E-state index in [1.807, 2.05) is 0 Å². The minimum absolute atomic E-state index is 0.203. The fourth-order valence-electron chi connectivity index (χ4n) is 2.60. The summed E-state index contributed by atoms with van der Waals surface area (Å²) in [6.45, 7) is 0.408. The number of carbonyl (C=O) groups is 1. The van der Waals surface area contributed by atoms with E-state index < -0.39 is 0 Å². The molecule has 0 aliphatic heterocycles. The fraction of sp³-hybridized carbons (Fsp3) is 0.211. The van der Waals surface area contributed by atoms with Crippen molar-refractivity contribution in [1.82, 2.24) is 15.1 Å². The zero-order valence-corrected chi connectivity index (χ0v) is 15.0. The van der Waals surface area contributed by atoms with E-state index in [4.69, 9.17) is 13.9 Å². The normalized spacial score (nSPS) is 10.4. The van der Waals surface area contributed by atoms with Gasteiger partial charge in [-0.05, 0) is 30.3 Å². The van der Waals surface area contributed by atoms with Crippen LogP contribution in [0.1, 0.15) is 10.4 Å². The standard InChI is InChI=1S/C19H19N3O5/c1-25-15-5-3-6-16(26-2)18(15)19(24)20-10-11-22-17(23)9-8-13(21-22)14-7-4-12-27-14/h3-9,12H,10-11H2,1-2H3,(H,20,24). The molecular formula is C19H19N3O5. The van der Waals surface area contributed by atoms with Crippen molar-refractivity contribution in [3.05, 3.63) is 64.6 Å². The molecule has 1 N–H and O–H groups in total. The Balaban J connectivity index is 1.71. The van der Waals surface area contributed by atoms with Crippen LogP contribution in [0.25, 0.3) is 11.5 Å². The van der Waals surface area contributed by atoms with Crippen LogP contribution in [0.3, 0.4) is 0 Å². The lowest BCUT2D eigenvalue weighted by molar-refractivity contribution is 0.0945. The topological polar surface area (TPSA) is 95.6 Å². The van der Waals surface area contributed by atoms with Gasteiger partial charge in [-0.25, -0.2) is 4.68 Å². The molecule has 0 saturated carbocycles. The highest BCUT2D eigenvalue weighted by atomic mass is 16.5. The molecule has 0 saturated heterocycles. The second-order valence-electron chi connectivity index (χ2n) is 5.55. The Hall–Kier alpha value is -3.55. The molecule has 0 unspecified atom stereocenters. The number of hydrogen-bond acceptors (Lipinski definition) is 6. The SMILES string of the molecule is COc1cccc(OC)c1C(=O)NCCn1nc(-c2ccco2)ccc1=O. The first kappa shape index (κ1) is 18.2. The second kappa shape index (κ2) is 8.22. The van der Waals surface area contributed by atoms with Gasteiger partial charge in [0.25, 0.3) is 11.5 Å². The maximum atomic E-state index is 12.5. The molecule has 140 valence electrons. The van der Waals surface area contributed by atoms with Crippen molar-refractivity contribution < 1.29 is 18.7 Å². The molecule has 0 aliphatic carbocycles. The van der Waals surface area contributed by atoms with Crippen LogP contribution in [0.4, 0.5) is 0 Å². The maximum Gasteiger partial charge on any atom is 0.266 e. The van der Waals surface area contributed by atoms with E-state index in [1.165, 1.54) is 31.2 Å². The number of carbonyl (C=O) groups excluding carboxylic acids is 1. The molecule has 0 fully saturated rings. The Morgan fingerprint density at radius 3 is 2.48 bits per heavy atom. The van der Waals surface area contributed by atoms with Crippen LogP contribution in [0.2, 0.25) is 0 Å². The van der Waals surface area contributed by atoms with Crippen molar-refractivity contribution >= 4 is 5.91 Å². The minimum Gasteiger partial charge on any atom is -0.496 e. The van der Waals surface area contributed by atoms with Crippen LogP contribution in [0, 0.1) is 0 Å². The first-order valence-corrected chi connectivity index (χ1v) is 8.25. The number of amides is 1. The predicted octanol–water partition coefficient (Wildman–Crippen LogP) is 1.95. The number of methoxy groups -OCH3 is 2. The third-order valence-corrected chi connectivity index (χ3v) is 3.90. The fourth-order valence-corrected chi connectivity index (χ4v) is 2.60. The smallest absolute Gasteiger partial charge is 0.266 e. The summed E-state index contributed by atoms with van der Waals surface area (Å²) in [6.07, 6.45) is 1.54. The highest BCUT2D eigenvalue weighted by molar-refractivity contribution is 5.99. The lowest BCUT2D eigenvalue weighted by Gasteiger charge is -2.13. The number of benzene rings is 1. The van der Waals surface area contributed by atoms with Gasteiger partial charge in [-0.1, -0.05) is 6.07 Å². The van der Waals surface area contributed by atoms with E-state index in [2.05, 4.69) is 10.4 Å². The highest BCUT2D eigenvalue weighted by Crippen LogP contribution is 2.27. The molecule has 0 radical (unpaired) electrons. The molecule has 3 rings (SSSR count). The number of aromatic nitrogens is 2. The lowest BCUT2D eigenvalue weighted by atomic mass is 10.1. The highest BCUT2D eigenvalue weighted by Gasteiger charge is 2.17. The molecular weight excluding hydrogens is 350 g/mol. The quantitative estimate of drug-likeness (QED) is 0.684. The van der Waals surface area contributed by atoms with Gasteiger partial charge in [-0.3, -0.25) is 9.59 Å². The Kier molecular flexibility index (Phi) is 5.55. The Morgan fingerprint density at radius 1 is 1.11 bits per heavy atom. The van der Waals surface area contributed by atoms with Crippen LogP contribution in [-0.4, -0.2) is 36.5 Å². The molecule has 0 aliphatic rings. The maximum absolute atomic E-state index is 12.5. The second-order valence-corrected chi connectivity index (χ2v) is 5.55. The van der Waals surface area contributed by atoms with E-state index >= 15 is 0 Å². The van der Waals surface area contributed by atoms with E-state index in [0.717, 1.165) is 0 Å². The Labute approximate surface area is 155 Å².